The van der Waals surface area contributed by atoms with E-state index in [-0.39, 0.29) is 5.91 Å². The molecule has 1 saturated heterocycles. The highest BCUT2D eigenvalue weighted by Gasteiger charge is 2.14. The molecule has 0 aromatic heterocycles. The smallest absolute Gasteiger partial charge is 0.236 e. The van der Waals surface area contributed by atoms with Gasteiger partial charge in [-0.3, -0.25) is 4.79 Å². The lowest BCUT2D eigenvalue weighted by atomic mass is 10.3. The molecule has 18 heavy (non-hydrogen) atoms. The zero-order chi connectivity index (χ0) is 14.8. The Hall–Kier alpha value is -0.590. The number of thiol groups is 1. The van der Waals surface area contributed by atoms with Crippen LogP contribution in [0.4, 0.5) is 0 Å². The minimum atomic E-state index is 0.203. The highest BCUT2D eigenvalue weighted by atomic mass is 32.1. The highest BCUT2D eigenvalue weighted by molar-refractivity contribution is 7.80. The van der Waals surface area contributed by atoms with E-state index in [1.54, 1.807) is 7.05 Å². The summed E-state index contributed by atoms with van der Waals surface area (Å²) >= 11 is 3.79. The average molecular weight is 279 g/mol. The Morgan fingerprint density at radius 1 is 1.33 bits per heavy atom. The van der Waals surface area contributed by atoms with Crippen molar-refractivity contribution in [2.45, 2.75) is 20.8 Å². The number of likely N-dealkylation sites (N-methyl/N-ethyl adjacent to an activating group) is 1. The number of nitrogens with zero attached hydrogens (tertiary/aromatic N) is 1. The SMILES string of the molecule is C=O.CC.CCS.CNCC(=O)N1CCNCC1. The molecule has 110 valence electrons. The first kappa shape index (κ1) is 22.6. The molecule has 1 amide bonds. The summed E-state index contributed by atoms with van der Waals surface area (Å²) in [6, 6.07) is 0. The second kappa shape index (κ2) is 21.7. The number of carbonyl (C=O) groups excluding carboxylic acids is 2. The lowest BCUT2D eigenvalue weighted by molar-refractivity contribution is -0.130. The lowest BCUT2D eigenvalue weighted by Crippen LogP contribution is -2.48. The molecule has 0 saturated carbocycles. The minimum absolute atomic E-state index is 0.203. The molecular weight excluding hydrogens is 250 g/mol. The molecule has 0 aromatic carbocycles. The van der Waals surface area contributed by atoms with Crippen LogP contribution in [0.5, 0.6) is 0 Å². The van der Waals surface area contributed by atoms with Gasteiger partial charge >= 0.3 is 0 Å². The quantitative estimate of drug-likeness (QED) is 0.641. The number of hydrogen-bond acceptors (Lipinski definition) is 5. The molecule has 6 heteroatoms. The van der Waals surface area contributed by atoms with E-state index >= 15 is 0 Å². The van der Waals surface area contributed by atoms with Crippen LogP contribution in [0.3, 0.4) is 0 Å². The number of carbonyl (C=O) groups is 2. The van der Waals surface area contributed by atoms with Crippen LogP contribution in [0.15, 0.2) is 0 Å². The maximum atomic E-state index is 11.2. The van der Waals surface area contributed by atoms with E-state index in [9.17, 15) is 4.79 Å². The van der Waals surface area contributed by atoms with Gasteiger partial charge in [-0.15, -0.1) is 0 Å². The molecule has 2 N–H and O–H groups in total. The summed E-state index contributed by atoms with van der Waals surface area (Å²) < 4.78 is 0. The molecule has 1 heterocycles. The first-order chi connectivity index (χ1) is 8.76. The van der Waals surface area contributed by atoms with Crippen molar-refractivity contribution in [1.82, 2.24) is 15.5 Å². The number of nitrogens with one attached hydrogen (secondary N) is 2. The van der Waals surface area contributed by atoms with Gasteiger partial charge in [0.1, 0.15) is 6.79 Å². The third-order valence-electron chi connectivity index (χ3n) is 1.80. The van der Waals surface area contributed by atoms with Crippen LogP contribution < -0.4 is 10.6 Å². The third kappa shape index (κ3) is 15.4. The van der Waals surface area contributed by atoms with Crippen LogP contribution in [0.25, 0.3) is 0 Å². The van der Waals surface area contributed by atoms with E-state index < -0.39 is 0 Å². The van der Waals surface area contributed by atoms with Crippen LogP contribution >= 0.6 is 12.6 Å². The average Bonchev–Trinajstić information content (AvgIpc) is 2.45. The zero-order valence-electron chi connectivity index (χ0n) is 12.2. The van der Waals surface area contributed by atoms with Gasteiger partial charge < -0.3 is 20.3 Å². The van der Waals surface area contributed by atoms with Gasteiger partial charge in [-0.1, -0.05) is 20.8 Å². The molecule has 5 nitrogen and oxygen atoms in total. The van der Waals surface area contributed by atoms with Crippen molar-refractivity contribution in [3.63, 3.8) is 0 Å². The summed E-state index contributed by atoms with van der Waals surface area (Å²) in [7, 11) is 1.79. The normalized spacial score (nSPS) is 12.8. The number of piperazine rings is 1. The van der Waals surface area contributed by atoms with Gasteiger partial charge in [-0.25, -0.2) is 0 Å². The van der Waals surface area contributed by atoms with E-state index in [0.717, 1.165) is 31.9 Å². The van der Waals surface area contributed by atoms with Crippen LogP contribution in [0.2, 0.25) is 0 Å². The summed E-state index contributed by atoms with van der Waals surface area (Å²) in [5, 5.41) is 6.05. The Labute approximate surface area is 117 Å². The Balaban J connectivity index is -0.000000274. The van der Waals surface area contributed by atoms with E-state index in [0.29, 0.717) is 6.54 Å². The summed E-state index contributed by atoms with van der Waals surface area (Å²) in [5.41, 5.74) is 0. The van der Waals surface area contributed by atoms with Crippen LogP contribution in [0, 0.1) is 0 Å². The van der Waals surface area contributed by atoms with Crippen LogP contribution in [-0.2, 0) is 9.59 Å². The van der Waals surface area contributed by atoms with Gasteiger partial charge in [0.2, 0.25) is 5.91 Å². The molecule has 1 aliphatic heterocycles. The van der Waals surface area contributed by atoms with Crippen LogP contribution in [-0.4, -0.2) is 63.1 Å². The maximum Gasteiger partial charge on any atom is 0.236 e. The fourth-order valence-electron chi connectivity index (χ4n) is 1.18. The predicted octanol–water partition coefficient (Wildman–Crippen LogP) is 0.415. The molecular formula is C12H29N3O2S. The molecule has 1 rings (SSSR count). The van der Waals surface area contributed by atoms with E-state index in [2.05, 4.69) is 23.3 Å². The maximum absolute atomic E-state index is 11.2. The molecule has 1 fully saturated rings. The Morgan fingerprint density at radius 3 is 2.06 bits per heavy atom. The topological polar surface area (TPSA) is 61.4 Å². The van der Waals surface area contributed by atoms with Gasteiger partial charge in [0.05, 0.1) is 6.54 Å². The number of rotatable bonds is 2. The largest absolute Gasteiger partial charge is 0.339 e. The van der Waals surface area contributed by atoms with Gasteiger partial charge in [0.15, 0.2) is 0 Å². The highest BCUT2D eigenvalue weighted by Crippen LogP contribution is 1.91. The lowest BCUT2D eigenvalue weighted by Gasteiger charge is -2.27. The Bertz CT molecular complexity index is 165. The van der Waals surface area contributed by atoms with Crippen molar-refractivity contribution in [2.24, 2.45) is 0 Å². The molecule has 0 bridgehead atoms. The zero-order valence-corrected chi connectivity index (χ0v) is 13.1. The first-order valence-corrected chi connectivity index (χ1v) is 6.92. The van der Waals surface area contributed by atoms with Crippen molar-refractivity contribution >= 4 is 25.3 Å². The Kier molecular flexibility index (Phi) is 27.2. The summed E-state index contributed by atoms with van der Waals surface area (Å²) in [6.45, 7) is 12.0. The number of hydrogen-bond donors (Lipinski definition) is 3. The van der Waals surface area contributed by atoms with Gasteiger partial charge in [0, 0.05) is 26.2 Å². The van der Waals surface area contributed by atoms with E-state index in [1.165, 1.54) is 0 Å². The molecule has 0 radical (unpaired) electrons. The first-order valence-electron chi connectivity index (χ1n) is 6.29. The fraction of sp³-hybridized carbons (Fsp3) is 0.833. The molecule has 0 spiro atoms. The van der Waals surface area contributed by atoms with Crippen molar-refractivity contribution in [1.29, 1.82) is 0 Å². The van der Waals surface area contributed by atoms with Gasteiger partial charge in [-0.2, -0.15) is 12.6 Å². The molecule has 0 aliphatic carbocycles. The number of amides is 1. The fourth-order valence-corrected chi connectivity index (χ4v) is 1.18. The third-order valence-corrected chi connectivity index (χ3v) is 1.80. The predicted molar refractivity (Wildman–Crippen MR) is 81.4 cm³/mol. The van der Waals surface area contributed by atoms with Crippen LogP contribution in [0.1, 0.15) is 20.8 Å². The molecule has 0 aromatic rings. The monoisotopic (exact) mass is 279 g/mol. The van der Waals surface area contributed by atoms with Crippen molar-refractivity contribution in [3.8, 4) is 0 Å². The van der Waals surface area contributed by atoms with Gasteiger partial charge in [-0.05, 0) is 12.8 Å². The van der Waals surface area contributed by atoms with E-state index in [1.807, 2.05) is 32.5 Å². The second-order valence-corrected chi connectivity index (χ2v) is 3.61. The molecule has 0 unspecified atom stereocenters. The summed E-state index contributed by atoms with van der Waals surface area (Å²) in [4.78, 5) is 21.1. The summed E-state index contributed by atoms with van der Waals surface area (Å²) in [5.74, 6) is 1.15. The molecule has 0 atom stereocenters. The second-order valence-electron chi connectivity index (χ2n) is 2.98. The minimum Gasteiger partial charge on any atom is -0.339 e. The van der Waals surface area contributed by atoms with Crippen molar-refractivity contribution in [3.05, 3.63) is 0 Å². The van der Waals surface area contributed by atoms with Crippen molar-refractivity contribution < 1.29 is 9.59 Å². The standard InChI is InChI=1S/C7H15N3O.C2H6S.C2H6.CH2O/c1-8-6-7(11)10-4-2-9-3-5-10;1-2-3;2*1-2/h8-9H,2-6H2,1H3;3H,2H2,1H3;1-2H3;1H2. The van der Waals surface area contributed by atoms with Gasteiger partial charge in [0.25, 0.3) is 0 Å². The van der Waals surface area contributed by atoms with Crippen molar-refractivity contribution in [2.75, 3.05) is 45.5 Å². The van der Waals surface area contributed by atoms with E-state index in [4.69, 9.17) is 4.79 Å². The summed E-state index contributed by atoms with van der Waals surface area (Å²) in [6.07, 6.45) is 0. The Morgan fingerprint density at radius 2 is 1.72 bits per heavy atom. The molecule has 1 aliphatic rings.